The van der Waals surface area contributed by atoms with Crippen LogP contribution in [0.25, 0.3) is 0 Å². The van der Waals surface area contributed by atoms with Crippen LogP contribution < -0.4 is 10.6 Å². The molecule has 1 rings (SSSR count). The molecule has 0 aromatic heterocycles. The summed E-state index contributed by atoms with van der Waals surface area (Å²) in [5.41, 5.74) is 0.763. The van der Waals surface area contributed by atoms with Crippen molar-refractivity contribution in [2.45, 2.75) is 19.9 Å². The van der Waals surface area contributed by atoms with Gasteiger partial charge < -0.3 is 10.1 Å². The molecule has 6 heteroatoms. The summed E-state index contributed by atoms with van der Waals surface area (Å²) >= 11 is 2.15. The van der Waals surface area contributed by atoms with Gasteiger partial charge in [-0.05, 0) is 40.6 Å². The molecule has 0 aliphatic carbocycles. The second-order valence-corrected chi connectivity index (χ2v) is 5.82. The quantitative estimate of drug-likeness (QED) is 0.576. The molecule has 0 saturated carbocycles. The van der Waals surface area contributed by atoms with Crippen LogP contribution in [0.15, 0.2) is 24.3 Å². The van der Waals surface area contributed by atoms with E-state index in [1.54, 1.807) is 0 Å². The van der Waals surface area contributed by atoms with Gasteiger partial charge in [0.15, 0.2) is 0 Å². The van der Waals surface area contributed by atoms with Gasteiger partial charge in [0, 0.05) is 3.57 Å². The number of rotatable bonds is 6. The van der Waals surface area contributed by atoms with Crippen molar-refractivity contribution in [2.24, 2.45) is 5.92 Å². The molecule has 0 heterocycles. The van der Waals surface area contributed by atoms with Crippen molar-refractivity contribution in [1.82, 2.24) is 5.32 Å². The zero-order valence-corrected chi connectivity index (χ0v) is 13.9. The molecule has 1 aromatic rings. The number of carbonyl (C=O) groups excluding carboxylic acids is 2. The Hall–Kier alpha value is -1.15. The third-order valence-electron chi connectivity index (χ3n) is 2.75. The molecule has 0 aliphatic rings. The summed E-state index contributed by atoms with van der Waals surface area (Å²) < 4.78 is 5.67. The molecule has 0 saturated heterocycles. The average molecular weight is 390 g/mol. The molecule has 1 atom stereocenters. The number of hydrogen-bond acceptors (Lipinski definition) is 4. The van der Waals surface area contributed by atoms with Gasteiger partial charge in [0.1, 0.15) is 6.04 Å². The lowest BCUT2D eigenvalue weighted by Gasteiger charge is -2.19. The first-order valence-corrected chi connectivity index (χ1v) is 7.39. The first-order valence-electron chi connectivity index (χ1n) is 6.31. The van der Waals surface area contributed by atoms with E-state index in [4.69, 9.17) is 4.74 Å². The number of esters is 1. The van der Waals surface area contributed by atoms with Gasteiger partial charge in [-0.2, -0.15) is 0 Å². The fourth-order valence-electron chi connectivity index (χ4n) is 1.68. The highest BCUT2D eigenvalue weighted by atomic mass is 127. The van der Waals surface area contributed by atoms with Gasteiger partial charge in [0.2, 0.25) is 5.91 Å². The molecule has 110 valence electrons. The fourth-order valence-corrected chi connectivity index (χ4v) is 2.20. The highest BCUT2D eigenvalue weighted by Crippen LogP contribution is 2.16. The molecule has 5 nitrogen and oxygen atoms in total. The number of anilines is 1. The molecular weight excluding hydrogens is 371 g/mol. The highest BCUT2D eigenvalue weighted by molar-refractivity contribution is 14.1. The maximum absolute atomic E-state index is 11.9. The number of methoxy groups -OCH3 is 1. The maximum Gasteiger partial charge on any atom is 0.323 e. The molecule has 0 fully saturated rings. The molecule has 20 heavy (non-hydrogen) atoms. The number of carbonyl (C=O) groups is 2. The Bertz CT molecular complexity index is 477. The lowest BCUT2D eigenvalue weighted by Crippen LogP contribution is -2.45. The van der Waals surface area contributed by atoms with Crippen LogP contribution in [0, 0.1) is 9.49 Å². The Morgan fingerprint density at radius 2 is 1.95 bits per heavy atom. The highest BCUT2D eigenvalue weighted by Gasteiger charge is 2.23. The molecule has 0 spiro atoms. The van der Waals surface area contributed by atoms with Crippen LogP contribution in [-0.4, -0.2) is 31.6 Å². The summed E-state index contributed by atoms with van der Waals surface area (Å²) in [7, 11) is 1.34. The fraction of sp³-hybridized carbons (Fsp3) is 0.429. The largest absolute Gasteiger partial charge is 0.468 e. The Kier molecular flexibility index (Phi) is 6.94. The molecule has 2 N–H and O–H groups in total. The minimum Gasteiger partial charge on any atom is -0.468 e. The zero-order chi connectivity index (χ0) is 15.1. The number of benzene rings is 1. The van der Waals surface area contributed by atoms with Crippen LogP contribution >= 0.6 is 22.6 Å². The maximum atomic E-state index is 11.9. The molecule has 0 bridgehead atoms. The summed E-state index contributed by atoms with van der Waals surface area (Å²) in [6.07, 6.45) is 0. The monoisotopic (exact) mass is 390 g/mol. The van der Waals surface area contributed by atoms with E-state index in [2.05, 4.69) is 33.2 Å². The zero-order valence-electron chi connectivity index (χ0n) is 11.8. The van der Waals surface area contributed by atoms with Crippen LogP contribution in [-0.2, 0) is 14.3 Å². The van der Waals surface area contributed by atoms with Crippen LogP contribution in [0.2, 0.25) is 0 Å². The topological polar surface area (TPSA) is 67.4 Å². The summed E-state index contributed by atoms with van der Waals surface area (Å²) in [5, 5.41) is 5.72. The Morgan fingerprint density at radius 1 is 1.30 bits per heavy atom. The van der Waals surface area contributed by atoms with Crippen LogP contribution in [0.1, 0.15) is 13.8 Å². The van der Waals surface area contributed by atoms with Crippen molar-refractivity contribution in [2.75, 3.05) is 19.0 Å². The minimum absolute atomic E-state index is 0.0483. The van der Waals surface area contributed by atoms with E-state index in [9.17, 15) is 9.59 Å². The summed E-state index contributed by atoms with van der Waals surface area (Å²) in [6, 6.07) is 7.02. The first-order chi connectivity index (χ1) is 9.45. The third-order valence-corrected chi connectivity index (χ3v) is 3.69. The number of amides is 1. The van der Waals surface area contributed by atoms with Gasteiger partial charge in [-0.3, -0.25) is 14.9 Å². The van der Waals surface area contributed by atoms with Gasteiger partial charge in [-0.25, -0.2) is 0 Å². The third kappa shape index (κ3) is 5.09. The Morgan fingerprint density at radius 3 is 2.50 bits per heavy atom. The van der Waals surface area contributed by atoms with Crippen LogP contribution in [0.4, 0.5) is 5.69 Å². The standard InChI is InChI=1S/C14H19IN2O3/c1-9(2)13(14(19)20-3)16-8-12(18)17-11-7-5-4-6-10(11)15/h4-7,9,13,16H,8H2,1-3H3,(H,17,18). The number of halogens is 1. The van der Waals surface area contributed by atoms with Gasteiger partial charge in [-0.15, -0.1) is 0 Å². The minimum atomic E-state index is -0.486. The molecule has 1 amide bonds. The molecule has 0 aliphatic heterocycles. The lowest BCUT2D eigenvalue weighted by atomic mass is 10.0. The van der Waals surface area contributed by atoms with E-state index in [-0.39, 0.29) is 24.3 Å². The van der Waals surface area contributed by atoms with E-state index >= 15 is 0 Å². The molecule has 1 unspecified atom stereocenters. The number of hydrogen-bond donors (Lipinski definition) is 2. The first kappa shape index (κ1) is 16.9. The van der Waals surface area contributed by atoms with Gasteiger partial charge in [-0.1, -0.05) is 26.0 Å². The van der Waals surface area contributed by atoms with Crippen molar-refractivity contribution in [3.05, 3.63) is 27.8 Å². The smallest absolute Gasteiger partial charge is 0.323 e. The number of para-hydroxylation sites is 1. The molecule has 0 radical (unpaired) electrons. The van der Waals surface area contributed by atoms with Crippen LogP contribution in [0.3, 0.4) is 0 Å². The Labute approximate surface area is 132 Å². The van der Waals surface area contributed by atoms with E-state index in [1.807, 2.05) is 38.1 Å². The normalized spacial score (nSPS) is 12.1. The van der Waals surface area contributed by atoms with E-state index in [1.165, 1.54) is 7.11 Å². The van der Waals surface area contributed by atoms with Crippen LogP contribution in [0.5, 0.6) is 0 Å². The Balaban J connectivity index is 2.54. The van der Waals surface area contributed by atoms with Crippen molar-refractivity contribution in [3.63, 3.8) is 0 Å². The predicted octanol–water partition coefficient (Wildman–Crippen LogP) is 2.02. The van der Waals surface area contributed by atoms with Crippen molar-refractivity contribution < 1.29 is 14.3 Å². The predicted molar refractivity (Wildman–Crippen MR) is 86.4 cm³/mol. The average Bonchev–Trinajstić information content (AvgIpc) is 2.41. The number of ether oxygens (including phenoxy) is 1. The van der Waals surface area contributed by atoms with Gasteiger partial charge >= 0.3 is 5.97 Å². The van der Waals surface area contributed by atoms with Gasteiger partial charge in [0.05, 0.1) is 19.3 Å². The van der Waals surface area contributed by atoms with E-state index in [0.29, 0.717) is 0 Å². The van der Waals surface area contributed by atoms with E-state index < -0.39 is 6.04 Å². The molecule has 1 aromatic carbocycles. The summed E-state index contributed by atoms with van der Waals surface area (Å²) in [6.45, 7) is 3.85. The second-order valence-electron chi connectivity index (χ2n) is 4.65. The summed E-state index contributed by atoms with van der Waals surface area (Å²) in [4.78, 5) is 23.4. The second kappa shape index (κ2) is 8.21. The van der Waals surface area contributed by atoms with Crippen molar-refractivity contribution >= 4 is 40.2 Å². The van der Waals surface area contributed by atoms with Crippen molar-refractivity contribution in [1.29, 1.82) is 0 Å². The molecular formula is C14H19IN2O3. The SMILES string of the molecule is COC(=O)C(NCC(=O)Nc1ccccc1I)C(C)C. The van der Waals surface area contributed by atoms with E-state index in [0.717, 1.165) is 9.26 Å². The van der Waals surface area contributed by atoms with Gasteiger partial charge in [0.25, 0.3) is 0 Å². The lowest BCUT2D eigenvalue weighted by molar-refractivity contribution is -0.144. The number of nitrogens with one attached hydrogen (secondary N) is 2. The summed E-state index contributed by atoms with van der Waals surface area (Å²) in [5.74, 6) is -0.502. The van der Waals surface area contributed by atoms with Crippen molar-refractivity contribution in [3.8, 4) is 0 Å².